The van der Waals surface area contributed by atoms with E-state index in [0.717, 1.165) is 41.5 Å². The topological polar surface area (TPSA) is 275 Å². The van der Waals surface area contributed by atoms with Gasteiger partial charge in [-0.3, -0.25) is 0 Å². The largest absolute Gasteiger partial charge is 4.00 e. The molecule has 0 amide bonds. The minimum Gasteiger partial charge on any atom is -0.873 e. The molecule has 0 unspecified atom stereocenters. The maximum absolute atomic E-state index is 8.89. The summed E-state index contributed by atoms with van der Waals surface area (Å²) in [5.41, 5.74) is 0. The van der Waals surface area contributed by atoms with Crippen LogP contribution in [-0.4, -0.2) is 35.8 Å². The molecule has 13 nitrogen and oxygen atoms in total. The maximum Gasteiger partial charge on any atom is 4.00 e. The number of hydrogen-bond acceptors (Lipinski definition) is 12. The van der Waals surface area contributed by atoms with Crippen molar-refractivity contribution in [3.05, 3.63) is 0 Å². The van der Waals surface area contributed by atoms with Crippen molar-refractivity contribution >= 4 is 35.8 Å². The van der Waals surface area contributed by atoms with E-state index < -0.39 is 35.8 Å². The second kappa shape index (κ2) is 43.4. The Labute approximate surface area is 168 Å². The van der Waals surface area contributed by atoms with Crippen LogP contribution in [0, 0.1) is 0 Å². The molecule has 0 aromatic heterocycles. The Balaban J connectivity index is -0.0000000245. The normalized spacial score (nSPS) is 5.77. The van der Waals surface area contributed by atoms with Gasteiger partial charge < -0.3 is 64.9 Å². The van der Waals surface area contributed by atoms with Crippen LogP contribution in [0.4, 0.5) is 0 Å². The second-order valence-electron chi connectivity index (χ2n) is 2.95. The third kappa shape index (κ3) is 1690. The summed E-state index contributed by atoms with van der Waals surface area (Å²) in [6, 6.07) is 0. The van der Waals surface area contributed by atoms with Crippen molar-refractivity contribution in [2.45, 2.75) is 41.5 Å². The van der Waals surface area contributed by atoms with Crippen LogP contribution < -0.4 is 30.6 Å². The number of carboxylic acid groups (broad SMARTS) is 6. The summed E-state index contributed by atoms with van der Waals surface area (Å²) in [6.07, 6.45) is 0. The average molecular weight is 466 g/mol. The summed E-state index contributed by atoms with van der Waals surface area (Å²) in [4.78, 5) is 53.3. The van der Waals surface area contributed by atoms with Crippen LogP contribution in [0.25, 0.3) is 0 Å². The summed E-state index contributed by atoms with van der Waals surface area (Å²) in [5, 5.41) is 53.3. The zero-order chi connectivity index (χ0) is 21.5. The molecule has 0 aromatic carbocycles. The Bertz CT molecular complexity index is 262. The monoisotopic (exact) mass is 464 g/mol. The number of hydrogen-bond donors (Lipinski definition) is 0. The van der Waals surface area contributed by atoms with Gasteiger partial charge in [-0.1, -0.05) is 0 Å². The first-order valence-corrected chi connectivity index (χ1v) is 5.45. The third-order valence-electron chi connectivity index (χ3n) is 0. The molecule has 0 atom stereocenters. The number of aliphatic carboxylic acids is 6. The van der Waals surface area contributed by atoms with Crippen molar-refractivity contribution in [2.24, 2.45) is 0 Å². The third-order valence-corrected chi connectivity index (χ3v) is 0. The first-order chi connectivity index (χ1) is 10.4. The Hall–Kier alpha value is -2.34. The molecule has 26 heavy (non-hydrogen) atoms. The molecule has 0 aliphatic heterocycles. The summed E-state index contributed by atoms with van der Waals surface area (Å²) in [7, 11) is 0. The summed E-state index contributed by atoms with van der Waals surface area (Å²) >= 11 is 0. The van der Waals surface area contributed by atoms with Gasteiger partial charge in [-0.25, -0.2) is 0 Å². The molecule has 0 heterocycles. The SMILES string of the molecule is CC(=O)[O-].CC(=O)[O-].CC(=O)[O-].CC(=O)[O-].CC(=O)[O-].CC(=O)[O-].[OH4+2].[Zr+4]. The Morgan fingerprint density at radius 1 is 0.385 bits per heavy atom. The second-order valence-corrected chi connectivity index (χ2v) is 2.95. The van der Waals surface area contributed by atoms with Crippen LogP contribution in [0.5, 0.6) is 0 Å². The van der Waals surface area contributed by atoms with Crippen LogP contribution >= 0.6 is 0 Å². The molecule has 0 aromatic rings. The molecule has 0 aliphatic carbocycles. The molecule has 0 aliphatic rings. The van der Waals surface area contributed by atoms with Crippen LogP contribution in [0.2, 0.25) is 0 Å². The van der Waals surface area contributed by atoms with Gasteiger partial charge in [-0.15, -0.1) is 0 Å². The molecule has 152 valence electrons. The fourth-order valence-electron chi connectivity index (χ4n) is 0. The van der Waals surface area contributed by atoms with Crippen molar-refractivity contribution in [3.8, 4) is 0 Å². The van der Waals surface area contributed by atoms with Crippen molar-refractivity contribution in [1.82, 2.24) is 0 Å². The first-order valence-electron chi connectivity index (χ1n) is 5.45. The van der Waals surface area contributed by atoms with E-state index in [1.165, 1.54) is 0 Å². The number of rotatable bonds is 0. The predicted molar refractivity (Wildman–Crippen MR) is 70.4 cm³/mol. The molecule has 4 N–H and O–H groups in total. The molecule has 14 heteroatoms. The number of carboxylic acids is 6. The van der Waals surface area contributed by atoms with Crippen molar-refractivity contribution in [1.29, 1.82) is 0 Å². The van der Waals surface area contributed by atoms with Crippen molar-refractivity contribution in [2.75, 3.05) is 0 Å². The molecule has 0 spiro atoms. The Morgan fingerprint density at radius 3 is 0.385 bits per heavy atom. The van der Waals surface area contributed by atoms with E-state index in [9.17, 15) is 0 Å². The first kappa shape index (κ1) is 49.5. The van der Waals surface area contributed by atoms with Gasteiger partial charge in [0.1, 0.15) is 0 Å². The minimum atomic E-state index is -1.08. The Morgan fingerprint density at radius 2 is 0.385 bits per heavy atom. The maximum atomic E-state index is 8.89. The smallest absolute Gasteiger partial charge is 0.873 e. The van der Waals surface area contributed by atoms with E-state index in [0.29, 0.717) is 0 Å². The van der Waals surface area contributed by atoms with Gasteiger partial charge in [0.05, 0.1) is 0 Å². The van der Waals surface area contributed by atoms with E-state index in [1.807, 2.05) is 0 Å². The molecule has 0 saturated carbocycles. The standard InChI is InChI=1S/6C2H4O2.H4O.Zr/c6*1-2(3)4;;/h6*1H3,(H,3,4);1H4;/q;;;;;;+2;+4/p-6. The van der Waals surface area contributed by atoms with Crippen LogP contribution in [-0.2, 0) is 60.4 Å². The van der Waals surface area contributed by atoms with Gasteiger partial charge in [0.15, 0.2) is 0 Å². The van der Waals surface area contributed by atoms with Crippen LogP contribution in [0.15, 0.2) is 0 Å². The molecule has 0 rings (SSSR count). The van der Waals surface area contributed by atoms with Crippen LogP contribution in [0.3, 0.4) is 0 Å². The average Bonchev–Trinajstić information content (AvgIpc) is 2.08. The van der Waals surface area contributed by atoms with Gasteiger partial charge in [0.2, 0.25) is 0 Å². The summed E-state index contributed by atoms with van der Waals surface area (Å²) in [5.74, 6) is -6.50. The fourth-order valence-corrected chi connectivity index (χ4v) is 0. The van der Waals surface area contributed by atoms with Gasteiger partial charge in [-0.05, 0) is 41.5 Å². The number of carbonyl (C=O) groups is 6. The molecular formula is C12H22O13Zr. The van der Waals surface area contributed by atoms with E-state index in [-0.39, 0.29) is 31.7 Å². The molecule has 0 bridgehead atoms. The molecule has 0 saturated heterocycles. The van der Waals surface area contributed by atoms with Gasteiger partial charge in [-0.2, -0.15) is 0 Å². The summed E-state index contributed by atoms with van der Waals surface area (Å²) in [6.45, 7) is 5.83. The van der Waals surface area contributed by atoms with Crippen LogP contribution in [0.1, 0.15) is 41.5 Å². The fraction of sp³-hybridized carbons (Fsp3) is 0.500. The van der Waals surface area contributed by atoms with Gasteiger partial charge in [0, 0.05) is 35.8 Å². The molecular weight excluding hydrogens is 443 g/mol. The van der Waals surface area contributed by atoms with E-state index >= 15 is 0 Å². The number of carbonyl (C=O) groups excluding carboxylic acids is 6. The zero-order valence-electron chi connectivity index (χ0n) is 15.1. The van der Waals surface area contributed by atoms with Gasteiger partial charge >= 0.3 is 26.2 Å². The van der Waals surface area contributed by atoms with E-state index in [1.54, 1.807) is 0 Å². The van der Waals surface area contributed by atoms with Crippen molar-refractivity contribution in [3.63, 3.8) is 0 Å². The minimum absolute atomic E-state index is 0. The molecule has 0 fully saturated rings. The molecule has 0 radical (unpaired) electrons. The van der Waals surface area contributed by atoms with E-state index in [2.05, 4.69) is 0 Å². The quantitative estimate of drug-likeness (QED) is 0.322. The van der Waals surface area contributed by atoms with Gasteiger partial charge in [0.25, 0.3) is 0 Å². The van der Waals surface area contributed by atoms with E-state index in [4.69, 9.17) is 59.4 Å². The van der Waals surface area contributed by atoms with Crippen molar-refractivity contribution < 1.29 is 91.1 Å². The summed E-state index contributed by atoms with van der Waals surface area (Å²) < 4.78 is 0. The Kier molecular flexibility index (Phi) is 82.6. The zero-order valence-corrected chi connectivity index (χ0v) is 17.6. The predicted octanol–water partition coefficient (Wildman–Crippen LogP) is -8.65.